The highest BCUT2D eigenvalue weighted by Gasteiger charge is 2.70. The molecule has 6 atom stereocenters. The summed E-state index contributed by atoms with van der Waals surface area (Å²) in [6, 6.07) is 8.94. The molecule has 1 aromatic carbocycles. The summed E-state index contributed by atoms with van der Waals surface area (Å²) in [5.41, 5.74) is 7.65. The Bertz CT molecular complexity index is 981. The van der Waals surface area contributed by atoms with E-state index in [1.807, 2.05) is 37.3 Å². The lowest BCUT2D eigenvalue weighted by Crippen LogP contribution is -2.58. The number of nitrogens with two attached hydrogens (primary N) is 1. The van der Waals surface area contributed by atoms with Gasteiger partial charge in [0.1, 0.15) is 23.3 Å². The third-order valence-corrected chi connectivity index (χ3v) is 7.70. The number of carbonyl (C=O) groups is 2. The molecule has 2 N–H and O–H groups in total. The fraction of sp³-hybridized carbons (Fsp3) is 0.556. The van der Waals surface area contributed by atoms with Gasteiger partial charge in [0.15, 0.2) is 6.10 Å². The minimum Gasteiger partial charge on any atom is -0.458 e. The molecule has 0 unspecified atom stereocenters. The van der Waals surface area contributed by atoms with Gasteiger partial charge in [-0.05, 0) is 56.7 Å². The number of allylic oxidation sites excluding steroid dienone is 1. The van der Waals surface area contributed by atoms with Crippen molar-refractivity contribution in [3.8, 4) is 0 Å². The first-order valence-electron chi connectivity index (χ1n) is 11.9. The van der Waals surface area contributed by atoms with Crippen molar-refractivity contribution in [1.29, 1.82) is 0 Å². The predicted molar refractivity (Wildman–Crippen MR) is 126 cm³/mol. The van der Waals surface area contributed by atoms with Gasteiger partial charge in [-0.25, -0.2) is 4.79 Å². The van der Waals surface area contributed by atoms with Crippen LogP contribution >= 0.6 is 0 Å². The molecule has 33 heavy (non-hydrogen) atoms. The molecular formula is C27H35NO5. The van der Waals surface area contributed by atoms with Crippen LogP contribution in [-0.4, -0.2) is 41.4 Å². The van der Waals surface area contributed by atoms with Crippen LogP contribution in [0.15, 0.2) is 47.6 Å². The van der Waals surface area contributed by atoms with Gasteiger partial charge in [-0.3, -0.25) is 4.79 Å². The smallest absolute Gasteiger partial charge is 0.331 e. The summed E-state index contributed by atoms with van der Waals surface area (Å²) in [5, 5.41) is 0. The van der Waals surface area contributed by atoms with Crippen molar-refractivity contribution < 1.29 is 23.8 Å². The number of fused-ring (bicyclic) bond motifs is 4. The largest absolute Gasteiger partial charge is 0.458 e. The summed E-state index contributed by atoms with van der Waals surface area (Å²) in [7, 11) is 0. The number of rotatable bonds is 6. The summed E-state index contributed by atoms with van der Waals surface area (Å²) in [4.78, 5) is 25.4. The van der Waals surface area contributed by atoms with E-state index in [0.29, 0.717) is 6.42 Å². The van der Waals surface area contributed by atoms with Gasteiger partial charge >= 0.3 is 11.9 Å². The molecule has 6 nitrogen and oxygen atoms in total. The molecule has 0 saturated carbocycles. The molecule has 0 radical (unpaired) electrons. The Morgan fingerprint density at radius 2 is 1.88 bits per heavy atom. The maximum atomic E-state index is 13.0. The first-order chi connectivity index (χ1) is 15.6. The molecule has 2 fully saturated rings. The van der Waals surface area contributed by atoms with Gasteiger partial charge in [-0.2, -0.15) is 0 Å². The van der Waals surface area contributed by atoms with Crippen molar-refractivity contribution in [2.45, 2.75) is 83.3 Å². The molecule has 6 heteroatoms. The molecule has 2 aliphatic heterocycles. The maximum absolute atomic E-state index is 13.0. The normalized spacial score (nSPS) is 34.0. The molecule has 178 valence electrons. The van der Waals surface area contributed by atoms with E-state index in [4.69, 9.17) is 19.9 Å². The average molecular weight is 454 g/mol. The monoisotopic (exact) mass is 453 g/mol. The highest BCUT2D eigenvalue weighted by molar-refractivity contribution is 5.87. The first kappa shape index (κ1) is 23.7. The molecule has 2 heterocycles. The van der Waals surface area contributed by atoms with E-state index < -0.39 is 41.4 Å². The number of benzene rings is 1. The zero-order chi connectivity index (χ0) is 24.0. The fourth-order valence-corrected chi connectivity index (χ4v) is 5.80. The average Bonchev–Trinajstić information content (AvgIpc) is 3.28. The highest BCUT2D eigenvalue weighted by atomic mass is 16.6. The van der Waals surface area contributed by atoms with Crippen LogP contribution in [-0.2, 0) is 23.8 Å². The number of esters is 2. The van der Waals surface area contributed by atoms with Crippen molar-refractivity contribution >= 4 is 18.0 Å². The topological polar surface area (TPSA) is 87.8 Å². The van der Waals surface area contributed by atoms with Crippen LogP contribution in [0.25, 0.3) is 6.08 Å². The number of ether oxygens (including phenoxy) is 3. The van der Waals surface area contributed by atoms with Gasteiger partial charge in [0.25, 0.3) is 0 Å². The Labute approximate surface area is 196 Å². The Balaban J connectivity index is 1.68. The fourth-order valence-electron chi connectivity index (χ4n) is 5.80. The maximum Gasteiger partial charge on any atom is 0.331 e. The number of hydrogen-bond acceptors (Lipinski definition) is 6. The van der Waals surface area contributed by atoms with Crippen molar-refractivity contribution in [1.82, 2.24) is 0 Å². The van der Waals surface area contributed by atoms with Gasteiger partial charge in [0.2, 0.25) is 0 Å². The number of hydrogen-bond donors (Lipinski definition) is 1. The summed E-state index contributed by atoms with van der Waals surface area (Å²) in [6.45, 7) is 9.91. The summed E-state index contributed by atoms with van der Waals surface area (Å²) in [6.07, 6.45) is 4.51. The van der Waals surface area contributed by atoms with E-state index in [0.717, 1.165) is 24.0 Å². The van der Waals surface area contributed by atoms with Crippen LogP contribution < -0.4 is 5.73 Å². The van der Waals surface area contributed by atoms with Gasteiger partial charge in [0.05, 0.1) is 0 Å². The molecule has 0 aromatic heterocycles. The van der Waals surface area contributed by atoms with Crippen LogP contribution in [0.1, 0.15) is 59.4 Å². The molecule has 1 aliphatic carbocycles. The molecule has 4 rings (SSSR count). The van der Waals surface area contributed by atoms with Crippen molar-refractivity contribution in [2.24, 2.45) is 17.6 Å². The van der Waals surface area contributed by atoms with E-state index in [9.17, 15) is 9.59 Å². The van der Waals surface area contributed by atoms with E-state index in [1.54, 1.807) is 13.0 Å². The lowest BCUT2D eigenvalue weighted by atomic mass is 9.74. The lowest BCUT2D eigenvalue weighted by Gasteiger charge is -2.50. The van der Waals surface area contributed by atoms with Crippen molar-refractivity contribution in [3.05, 3.63) is 53.1 Å². The second-order valence-electron chi connectivity index (χ2n) is 10.2. The minimum atomic E-state index is -0.773. The molecule has 2 saturated heterocycles. The van der Waals surface area contributed by atoms with E-state index >= 15 is 0 Å². The van der Waals surface area contributed by atoms with Gasteiger partial charge < -0.3 is 19.9 Å². The summed E-state index contributed by atoms with van der Waals surface area (Å²) < 4.78 is 18.9. The molecule has 1 aromatic rings. The number of carbonyl (C=O) groups excluding carboxylic acids is 2. The molecule has 0 amide bonds. The van der Waals surface area contributed by atoms with Gasteiger partial charge in [0, 0.05) is 18.4 Å². The summed E-state index contributed by atoms with van der Waals surface area (Å²) >= 11 is 0. The molecule has 3 aliphatic rings. The second kappa shape index (κ2) is 8.73. The van der Waals surface area contributed by atoms with Crippen LogP contribution in [0.3, 0.4) is 0 Å². The van der Waals surface area contributed by atoms with Crippen LogP contribution in [0.4, 0.5) is 0 Å². The third kappa shape index (κ3) is 4.04. The third-order valence-electron chi connectivity index (χ3n) is 7.70. The Kier molecular flexibility index (Phi) is 6.27. The standard InChI is InChI=1S/C27H35NO5/c1-16(2)27-15-21(31-25(30)18(4)28)26(5,33-27)20-13-11-17(3)23(20)24(27)32-22(29)14-12-19-9-7-6-8-10-19/h6-10,12,14,16,18,20-21,24H,11,13,15,28H2,1-5H3/b14-12+/t18-,20-,21-,24+,26+,27-/m1/s1. The molecular weight excluding hydrogens is 418 g/mol. The van der Waals surface area contributed by atoms with Crippen molar-refractivity contribution in [3.63, 3.8) is 0 Å². The zero-order valence-corrected chi connectivity index (χ0v) is 20.2. The van der Waals surface area contributed by atoms with E-state index in [1.165, 1.54) is 11.6 Å². The Morgan fingerprint density at radius 1 is 1.18 bits per heavy atom. The Hall–Kier alpha value is -2.44. The summed E-state index contributed by atoms with van der Waals surface area (Å²) in [5.74, 6) is -0.781. The minimum absolute atomic E-state index is 0.0219. The predicted octanol–water partition coefficient (Wildman–Crippen LogP) is 4.18. The van der Waals surface area contributed by atoms with Crippen LogP contribution in [0.2, 0.25) is 0 Å². The quantitative estimate of drug-likeness (QED) is 0.395. The molecule has 2 bridgehead atoms. The van der Waals surface area contributed by atoms with Gasteiger partial charge in [-0.15, -0.1) is 0 Å². The van der Waals surface area contributed by atoms with E-state index in [-0.39, 0.29) is 11.8 Å². The first-order valence-corrected chi connectivity index (χ1v) is 11.9. The Morgan fingerprint density at radius 3 is 2.52 bits per heavy atom. The lowest BCUT2D eigenvalue weighted by molar-refractivity contribution is -0.223. The molecule has 0 spiro atoms. The van der Waals surface area contributed by atoms with E-state index in [2.05, 4.69) is 20.8 Å². The van der Waals surface area contributed by atoms with Crippen LogP contribution in [0.5, 0.6) is 0 Å². The van der Waals surface area contributed by atoms with Crippen LogP contribution in [0, 0.1) is 11.8 Å². The highest BCUT2D eigenvalue weighted by Crippen LogP contribution is 2.61. The second-order valence-corrected chi connectivity index (χ2v) is 10.2. The van der Waals surface area contributed by atoms with Crippen molar-refractivity contribution in [2.75, 3.05) is 0 Å². The van der Waals surface area contributed by atoms with Gasteiger partial charge in [-0.1, -0.05) is 49.8 Å². The SMILES string of the molecule is CC1=C2[C@@H](CC1)[C@]1(C)O[C@@](C(C)C)(C[C@H]1OC(=O)[C@@H](C)N)[C@H]2OC(=O)/C=C/c1ccccc1. The zero-order valence-electron chi connectivity index (χ0n) is 20.2.